The molecule has 30 heavy (non-hydrogen) atoms. The summed E-state index contributed by atoms with van der Waals surface area (Å²) in [6.45, 7) is 27.4. The molecule has 1 aliphatic carbocycles. The van der Waals surface area contributed by atoms with Crippen LogP contribution in [0.5, 0.6) is 0 Å². The molecule has 3 aliphatic rings. The predicted octanol–water partition coefficient (Wildman–Crippen LogP) is 6.08. The average molecular weight is 641 g/mol. The van der Waals surface area contributed by atoms with Gasteiger partial charge in [-0.25, -0.2) is 0 Å². The standard InChI is InChI=1S/C10H19N.C8H15N.C7H12.3Y/c1-9(2)5-6-11-7-10(3,4)8-11;1-8(2)4-7-9-5-3-6-9;1-6(2)7-4-3-5-7;;;/h9H,3-8H2,1-2H3;3,5,8H,4,6-7H2,1-2H3;3-4,6-7H,5H2,1-2H3;;;/q-2;;;;;. The molecule has 0 aromatic heterocycles. The molecule has 0 saturated carbocycles. The van der Waals surface area contributed by atoms with Crippen molar-refractivity contribution in [2.45, 2.75) is 60.8 Å². The van der Waals surface area contributed by atoms with Crippen LogP contribution in [0.25, 0.3) is 0 Å². The van der Waals surface area contributed by atoms with E-state index in [-0.39, 0.29) is 104 Å². The Morgan fingerprint density at radius 2 is 1.33 bits per heavy atom. The summed E-state index contributed by atoms with van der Waals surface area (Å²) in [6, 6.07) is 0. The molecule has 2 aliphatic heterocycles. The van der Waals surface area contributed by atoms with E-state index < -0.39 is 0 Å². The monoisotopic (exact) mass is 641 g/mol. The van der Waals surface area contributed by atoms with Gasteiger partial charge in [-0.15, -0.1) is 0 Å². The Labute approximate surface area is 265 Å². The SMILES string of the molecule is CC(C)C1C=CC1.CC(C)CCN1C=CC1.[CH2-]C1([CH2-])CN(CCC(C)C)C1.[Y].[Y].[Y]. The minimum Gasteiger partial charge on any atom is -0.374 e. The maximum atomic E-state index is 4.00. The van der Waals surface area contributed by atoms with Gasteiger partial charge in [0.2, 0.25) is 0 Å². The molecule has 2 heterocycles. The second-order valence-corrected chi connectivity index (χ2v) is 10.0. The number of hydrogen-bond acceptors (Lipinski definition) is 2. The molecule has 1 saturated heterocycles. The summed E-state index contributed by atoms with van der Waals surface area (Å²) in [7, 11) is 0. The van der Waals surface area contributed by atoms with E-state index in [4.69, 9.17) is 0 Å². The van der Waals surface area contributed by atoms with Crippen LogP contribution in [-0.4, -0.2) is 42.5 Å². The fraction of sp³-hybridized carbons (Fsp3) is 0.760. The number of rotatable bonds is 7. The Morgan fingerprint density at radius 1 is 0.867 bits per heavy atom. The van der Waals surface area contributed by atoms with Gasteiger partial charge in [-0.3, -0.25) is 5.41 Å². The summed E-state index contributed by atoms with van der Waals surface area (Å²) < 4.78 is 0. The quantitative estimate of drug-likeness (QED) is 0.246. The van der Waals surface area contributed by atoms with Crippen molar-refractivity contribution in [3.63, 3.8) is 0 Å². The maximum Gasteiger partial charge on any atom is 0.0370 e. The first-order valence-electron chi connectivity index (χ1n) is 11.1. The zero-order chi connectivity index (χ0) is 20.4. The third-order valence-electron chi connectivity index (χ3n) is 5.44. The van der Waals surface area contributed by atoms with E-state index in [1.54, 1.807) is 0 Å². The molecule has 0 bridgehead atoms. The fourth-order valence-electron chi connectivity index (χ4n) is 3.13. The predicted molar refractivity (Wildman–Crippen MR) is 121 cm³/mol. The maximum absolute atomic E-state index is 4.00. The van der Waals surface area contributed by atoms with Crippen molar-refractivity contribution < 1.29 is 98.1 Å². The topological polar surface area (TPSA) is 6.48 Å². The summed E-state index contributed by atoms with van der Waals surface area (Å²) in [4.78, 5) is 4.78. The van der Waals surface area contributed by atoms with Crippen LogP contribution in [0.3, 0.4) is 0 Å². The molecule has 0 aromatic carbocycles. The molecule has 3 rings (SSSR count). The molecular formula is C25H46N2Y3-2. The number of likely N-dealkylation sites (tertiary alicyclic amines) is 1. The summed E-state index contributed by atoms with van der Waals surface area (Å²) in [5.74, 6) is 3.43. The minimum absolute atomic E-state index is 0. The van der Waals surface area contributed by atoms with Crippen LogP contribution in [0.15, 0.2) is 24.4 Å². The molecule has 1 unspecified atom stereocenters. The largest absolute Gasteiger partial charge is 0.374 e. The molecule has 2 nitrogen and oxygen atoms in total. The second-order valence-electron chi connectivity index (χ2n) is 10.0. The number of hydrogen-bond donors (Lipinski definition) is 0. The van der Waals surface area contributed by atoms with Crippen molar-refractivity contribution in [3.05, 3.63) is 38.3 Å². The van der Waals surface area contributed by atoms with Crippen molar-refractivity contribution in [1.29, 1.82) is 0 Å². The van der Waals surface area contributed by atoms with E-state index in [0.29, 0.717) is 0 Å². The molecule has 0 spiro atoms. The third-order valence-corrected chi connectivity index (χ3v) is 5.44. The first-order chi connectivity index (χ1) is 12.6. The summed E-state index contributed by atoms with van der Waals surface area (Å²) >= 11 is 0. The zero-order valence-electron chi connectivity index (χ0n) is 20.8. The van der Waals surface area contributed by atoms with E-state index in [2.05, 4.69) is 89.6 Å². The van der Waals surface area contributed by atoms with E-state index in [1.165, 1.54) is 38.9 Å². The van der Waals surface area contributed by atoms with Gasteiger partial charge in [0, 0.05) is 111 Å². The molecule has 1 fully saturated rings. The summed E-state index contributed by atoms with van der Waals surface area (Å²) in [6.07, 6.45) is 12.8. The zero-order valence-corrected chi connectivity index (χ0v) is 29.3. The van der Waals surface area contributed by atoms with Crippen molar-refractivity contribution in [3.8, 4) is 0 Å². The molecular weight excluding hydrogens is 595 g/mol. The Bertz CT molecular complexity index is 451. The summed E-state index contributed by atoms with van der Waals surface area (Å²) in [5.41, 5.74) is 0.108. The van der Waals surface area contributed by atoms with Crippen molar-refractivity contribution in [2.24, 2.45) is 29.1 Å². The Balaban J connectivity index is -0.000000354. The van der Waals surface area contributed by atoms with Crippen LogP contribution < -0.4 is 0 Å². The van der Waals surface area contributed by atoms with Gasteiger partial charge >= 0.3 is 0 Å². The number of nitrogens with zero attached hydrogens (tertiary/aromatic N) is 2. The van der Waals surface area contributed by atoms with Gasteiger partial charge < -0.3 is 23.6 Å². The average Bonchev–Trinajstić information content (AvgIpc) is 2.39. The van der Waals surface area contributed by atoms with Gasteiger partial charge in [0.15, 0.2) is 0 Å². The first-order valence-corrected chi connectivity index (χ1v) is 11.1. The molecule has 167 valence electrons. The van der Waals surface area contributed by atoms with Crippen molar-refractivity contribution >= 4 is 0 Å². The normalized spacial score (nSPS) is 20.2. The van der Waals surface area contributed by atoms with Gasteiger partial charge in [0.25, 0.3) is 0 Å². The van der Waals surface area contributed by atoms with E-state index in [9.17, 15) is 0 Å². The first kappa shape index (κ1) is 37.1. The van der Waals surface area contributed by atoms with E-state index in [1.807, 2.05) is 0 Å². The molecule has 1 atom stereocenters. The van der Waals surface area contributed by atoms with Crippen LogP contribution in [-0.2, 0) is 98.1 Å². The molecule has 5 heteroatoms. The van der Waals surface area contributed by atoms with E-state index in [0.717, 1.165) is 36.8 Å². The second kappa shape index (κ2) is 19.8. The third kappa shape index (κ3) is 18.0. The van der Waals surface area contributed by atoms with E-state index >= 15 is 0 Å². The fourth-order valence-corrected chi connectivity index (χ4v) is 3.13. The van der Waals surface area contributed by atoms with Gasteiger partial charge in [-0.05, 0) is 74.8 Å². The van der Waals surface area contributed by atoms with Crippen LogP contribution in [0.4, 0.5) is 0 Å². The Hall–Kier alpha value is 2.55. The smallest absolute Gasteiger partial charge is 0.0370 e. The Kier molecular flexibility index (Phi) is 24.5. The van der Waals surface area contributed by atoms with Crippen LogP contribution in [0.2, 0.25) is 0 Å². The molecule has 0 aromatic rings. The Morgan fingerprint density at radius 3 is 1.57 bits per heavy atom. The van der Waals surface area contributed by atoms with Crippen molar-refractivity contribution in [2.75, 3.05) is 32.7 Å². The van der Waals surface area contributed by atoms with Crippen molar-refractivity contribution in [1.82, 2.24) is 9.80 Å². The van der Waals surface area contributed by atoms with Gasteiger partial charge in [-0.1, -0.05) is 53.7 Å². The van der Waals surface area contributed by atoms with Crippen LogP contribution in [0, 0.1) is 42.9 Å². The van der Waals surface area contributed by atoms with Gasteiger partial charge in [0.1, 0.15) is 0 Å². The molecule has 0 N–H and O–H groups in total. The summed E-state index contributed by atoms with van der Waals surface area (Å²) in [5, 5.41) is 0. The van der Waals surface area contributed by atoms with Gasteiger partial charge in [0.05, 0.1) is 0 Å². The molecule has 3 radical (unpaired) electrons. The van der Waals surface area contributed by atoms with Gasteiger partial charge in [-0.2, -0.15) is 0 Å². The van der Waals surface area contributed by atoms with Crippen LogP contribution in [0.1, 0.15) is 60.8 Å². The minimum atomic E-state index is 0. The van der Waals surface area contributed by atoms with Crippen LogP contribution >= 0.6 is 0 Å². The molecule has 0 amide bonds. The number of allylic oxidation sites excluding steroid dienone is 2.